The van der Waals surface area contributed by atoms with E-state index in [0.717, 1.165) is 57.8 Å². The molecule has 0 aliphatic carbocycles. The molecule has 0 amide bonds. The van der Waals surface area contributed by atoms with E-state index in [1.54, 1.807) is 0 Å². The van der Waals surface area contributed by atoms with E-state index in [-0.39, 0.29) is 19.6 Å². The van der Waals surface area contributed by atoms with E-state index >= 15 is 0 Å². The van der Waals surface area contributed by atoms with Gasteiger partial charge in [-0.3, -0.25) is 4.79 Å². The van der Waals surface area contributed by atoms with E-state index in [1.165, 1.54) is 128 Å². The summed E-state index contributed by atoms with van der Waals surface area (Å²) in [6.07, 6.45) is 45.6. The van der Waals surface area contributed by atoms with E-state index in [0.29, 0.717) is 13.0 Å². The molecule has 7 N–H and O–H groups in total. The number of rotatable bonds is 48. The highest BCUT2D eigenvalue weighted by Gasteiger charge is 2.47. The second-order valence-electron chi connectivity index (χ2n) is 20.8. The molecule has 2 aliphatic rings. The molecule has 2 fully saturated rings. The highest BCUT2D eigenvalue weighted by molar-refractivity contribution is 5.69. The van der Waals surface area contributed by atoms with Crippen molar-refractivity contribution in [2.24, 2.45) is 0 Å². The summed E-state index contributed by atoms with van der Waals surface area (Å²) >= 11 is 0. The van der Waals surface area contributed by atoms with Gasteiger partial charge in [0.1, 0.15) is 54.9 Å². The number of hydrogen-bond acceptors (Lipinski definition) is 14. The maximum absolute atomic E-state index is 13.0. The molecule has 0 aromatic heterocycles. The molecule has 14 heteroatoms. The third kappa shape index (κ3) is 34.4. The summed E-state index contributed by atoms with van der Waals surface area (Å²) in [6, 6.07) is 0. The number of aliphatic hydroxyl groups is 7. The first-order valence-electron chi connectivity index (χ1n) is 30.0. The van der Waals surface area contributed by atoms with Crippen molar-refractivity contribution in [1.29, 1.82) is 0 Å². The summed E-state index contributed by atoms with van der Waals surface area (Å²) in [6.45, 7) is 3.50. The Morgan fingerprint density at radius 2 is 0.829 bits per heavy atom. The molecule has 0 aromatic rings. The summed E-state index contributed by atoms with van der Waals surface area (Å²) in [5, 5.41) is 72.4. The molecule has 0 aromatic carbocycles. The second kappa shape index (κ2) is 48.3. The molecule has 0 saturated carbocycles. The van der Waals surface area contributed by atoms with Crippen LogP contribution in [0.15, 0.2) is 72.9 Å². The predicted octanol–water partition coefficient (Wildman–Crippen LogP) is 11.0. The van der Waals surface area contributed by atoms with Gasteiger partial charge in [0.15, 0.2) is 12.6 Å². The van der Waals surface area contributed by atoms with Crippen LogP contribution in [0.1, 0.15) is 213 Å². The van der Waals surface area contributed by atoms with Crippen LogP contribution in [0.25, 0.3) is 0 Å². The minimum Gasteiger partial charge on any atom is -0.457 e. The number of unbranched alkanes of at least 4 members (excludes halogenated alkanes) is 22. The van der Waals surface area contributed by atoms with Gasteiger partial charge >= 0.3 is 5.97 Å². The van der Waals surface area contributed by atoms with Gasteiger partial charge in [0.2, 0.25) is 0 Å². The fourth-order valence-electron chi connectivity index (χ4n) is 9.20. The van der Waals surface area contributed by atoms with Gasteiger partial charge in [-0.05, 0) is 51.4 Å². The summed E-state index contributed by atoms with van der Waals surface area (Å²) in [4.78, 5) is 13.0. The van der Waals surface area contributed by atoms with Gasteiger partial charge in [-0.25, -0.2) is 0 Å². The Bertz CT molecular complexity index is 1530. The summed E-state index contributed by atoms with van der Waals surface area (Å²) in [5.41, 5.74) is 0. The quantitative estimate of drug-likeness (QED) is 0.0172. The lowest BCUT2D eigenvalue weighted by atomic mass is 9.98. The molecule has 14 nitrogen and oxygen atoms in total. The molecule has 0 bridgehead atoms. The summed E-state index contributed by atoms with van der Waals surface area (Å²) in [5.74, 6) is -0.456. The zero-order valence-electron chi connectivity index (χ0n) is 47.2. The molecule has 2 heterocycles. The molecule has 2 rings (SSSR count). The monoisotopic (exact) mass is 1080 g/mol. The number of allylic oxidation sites excluding steroid dienone is 12. The van der Waals surface area contributed by atoms with E-state index < -0.39 is 86.7 Å². The van der Waals surface area contributed by atoms with E-state index in [4.69, 9.17) is 28.4 Å². The van der Waals surface area contributed by atoms with Gasteiger partial charge in [-0.15, -0.1) is 0 Å². The Morgan fingerprint density at radius 3 is 1.26 bits per heavy atom. The van der Waals surface area contributed by atoms with Crippen LogP contribution in [0.5, 0.6) is 0 Å². The highest BCUT2D eigenvalue weighted by Crippen LogP contribution is 2.27. The van der Waals surface area contributed by atoms with Crippen LogP contribution >= 0.6 is 0 Å². The van der Waals surface area contributed by atoms with E-state index in [1.807, 2.05) is 12.2 Å². The number of aliphatic hydroxyl groups excluding tert-OH is 7. The first-order chi connectivity index (χ1) is 37.1. The fourth-order valence-corrected chi connectivity index (χ4v) is 9.20. The zero-order valence-corrected chi connectivity index (χ0v) is 47.2. The van der Waals surface area contributed by atoms with Crippen LogP contribution in [0.4, 0.5) is 0 Å². The van der Waals surface area contributed by atoms with Crippen LogP contribution in [0, 0.1) is 0 Å². The van der Waals surface area contributed by atoms with Gasteiger partial charge in [0.25, 0.3) is 0 Å². The highest BCUT2D eigenvalue weighted by atomic mass is 16.7. The van der Waals surface area contributed by atoms with Crippen molar-refractivity contribution in [2.45, 2.75) is 280 Å². The molecular weight excluding hydrogens is 969 g/mol. The molecule has 440 valence electrons. The van der Waals surface area contributed by atoms with Crippen molar-refractivity contribution in [3.8, 4) is 0 Å². The Balaban J connectivity index is 1.72. The minimum atomic E-state index is -1.72. The lowest BCUT2D eigenvalue weighted by molar-refractivity contribution is -0.332. The van der Waals surface area contributed by atoms with Gasteiger partial charge in [0, 0.05) is 13.0 Å². The van der Waals surface area contributed by atoms with Crippen molar-refractivity contribution < 1.29 is 69.0 Å². The van der Waals surface area contributed by atoms with E-state index in [9.17, 15) is 40.5 Å². The molecular formula is C62H108O14. The van der Waals surface area contributed by atoms with Crippen molar-refractivity contribution in [3.05, 3.63) is 72.9 Å². The lowest BCUT2D eigenvalue weighted by Crippen LogP contribution is -2.61. The largest absolute Gasteiger partial charge is 0.457 e. The number of esters is 1. The summed E-state index contributed by atoms with van der Waals surface area (Å²) in [7, 11) is 0. The standard InChI is InChI=1S/C62H108O14/c1-3-5-7-9-11-13-15-17-19-21-23-24-25-26-28-30-32-34-36-38-40-42-44-46-71-48-51(74-54(64)45-43-41-39-37-35-33-31-29-27-22-20-18-16-14-12-10-8-6-4-2)49-72-61-60(70)58(68)56(66)53(76-61)50-73-62-59(69)57(67)55(65)52(47-63)75-62/h6,8,12,14,18,20,27,29,33,35,39,41,51-53,55-63,65-70H,3-5,7,9-11,13,15-17,19,21-26,28,30-32,34,36-38,40,42-50H2,1-2H3/b8-6-,14-12-,20-18-,29-27-,35-33-,41-39-. The van der Waals surface area contributed by atoms with Crippen LogP contribution in [0.3, 0.4) is 0 Å². The summed E-state index contributed by atoms with van der Waals surface area (Å²) < 4.78 is 34.3. The number of carbonyl (C=O) groups is 1. The minimum absolute atomic E-state index is 0.0304. The third-order valence-corrected chi connectivity index (χ3v) is 14.0. The molecule has 2 saturated heterocycles. The number of hydrogen-bond donors (Lipinski definition) is 7. The fraction of sp³-hybridized carbons (Fsp3) is 0.790. The molecule has 0 spiro atoms. The third-order valence-electron chi connectivity index (χ3n) is 14.0. The predicted molar refractivity (Wildman–Crippen MR) is 302 cm³/mol. The Morgan fingerprint density at radius 1 is 0.447 bits per heavy atom. The molecule has 0 radical (unpaired) electrons. The van der Waals surface area contributed by atoms with Crippen LogP contribution in [-0.4, -0.2) is 142 Å². The second-order valence-corrected chi connectivity index (χ2v) is 20.8. The van der Waals surface area contributed by atoms with Crippen LogP contribution in [-0.2, 0) is 33.2 Å². The van der Waals surface area contributed by atoms with Crippen molar-refractivity contribution in [1.82, 2.24) is 0 Å². The van der Waals surface area contributed by atoms with Gasteiger partial charge in [-0.1, -0.05) is 228 Å². The number of ether oxygens (including phenoxy) is 6. The molecule has 2 aliphatic heterocycles. The smallest absolute Gasteiger partial charge is 0.306 e. The topological polar surface area (TPSA) is 214 Å². The van der Waals surface area contributed by atoms with Crippen molar-refractivity contribution >= 4 is 5.97 Å². The molecule has 76 heavy (non-hydrogen) atoms. The average Bonchev–Trinajstić information content (AvgIpc) is 3.42. The first-order valence-corrected chi connectivity index (χ1v) is 30.0. The maximum Gasteiger partial charge on any atom is 0.306 e. The zero-order chi connectivity index (χ0) is 55.1. The average molecular weight is 1080 g/mol. The molecule has 11 unspecified atom stereocenters. The molecule has 11 atom stereocenters. The van der Waals surface area contributed by atoms with Crippen LogP contribution in [0.2, 0.25) is 0 Å². The maximum atomic E-state index is 13.0. The van der Waals surface area contributed by atoms with Gasteiger partial charge in [0.05, 0.1) is 26.4 Å². The van der Waals surface area contributed by atoms with Crippen LogP contribution < -0.4 is 0 Å². The first kappa shape index (κ1) is 69.5. The Labute approximate surface area is 459 Å². The Hall–Kier alpha value is -2.57. The Kier molecular flexibility index (Phi) is 44.2. The number of carbonyl (C=O) groups excluding carboxylic acids is 1. The van der Waals surface area contributed by atoms with Crippen molar-refractivity contribution in [2.75, 3.05) is 33.0 Å². The lowest BCUT2D eigenvalue weighted by Gasteiger charge is -2.42. The van der Waals surface area contributed by atoms with Gasteiger partial charge in [-0.2, -0.15) is 0 Å². The van der Waals surface area contributed by atoms with Gasteiger partial charge < -0.3 is 64.2 Å². The SMILES string of the molecule is CC/C=C\C/C=C\C/C=C\C/C=C\C/C=C\C/C=C\CCC(=O)OC(COCCCCCCCCCCCCCCCCCCCCCCCCC)COC1OC(COC2OC(CO)C(O)C(O)C2O)C(O)C(O)C1O. The normalized spacial score (nSPS) is 25.0. The van der Waals surface area contributed by atoms with Crippen molar-refractivity contribution in [3.63, 3.8) is 0 Å². The van der Waals surface area contributed by atoms with E-state index in [2.05, 4.69) is 74.6 Å².